The second kappa shape index (κ2) is 4.50. The molecule has 104 valence electrons. The van der Waals surface area contributed by atoms with E-state index < -0.39 is 0 Å². The van der Waals surface area contributed by atoms with E-state index in [4.69, 9.17) is 17.3 Å². The van der Waals surface area contributed by atoms with Crippen molar-refractivity contribution in [1.82, 2.24) is 9.38 Å². The summed E-state index contributed by atoms with van der Waals surface area (Å²) in [6.07, 6.45) is 0. The van der Waals surface area contributed by atoms with Crippen molar-refractivity contribution in [2.45, 2.75) is 26.2 Å². The maximum atomic E-state index is 6.32. The number of halogens is 1. The number of rotatable bonds is 1. The molecule has 0 aliphatic heterocycles. The van der Waals surface area contributed by atoms with Crippen LogP contribution in [0.25, 0.3) is 16.2 Å². The summed E-state index contributed by atoms with van der Waals surface area (Å²) in [4.78, 5) is 5.61. The summed E-state index contributed by atoms with van der Waals surface area (Å²) in [6.45, 7) is 6.37. The molecule has 0 fully saturated rings. The van der Waals surface area contributed by atoms with Crippen LogP contribution in [0.4, 0.5) is 5.82 Å². The molecular weight excluding hydrogens is 290 g/mol. The topological polar surface area (TPSA) is 43.3 Å². The van der Waals surface area contributed by atoms with Gasteiger partial charge in [-0.05, 0) is 17.7 Å². The van der Waals surface area contributed by atoms with Crippen LogP contribution in [-0.2, 0) is 5.41 Å². The van der Waals surface area contributed by atoms with Crippen LogP contribution in [0.3, 0.4) is 0 Å². The quantitative estimate of drug-likeness (QED) is 0.714. The number of hydrogen-bond donors (Lipinski definition) is 1. The van der Waals surface area contributed by atoms with Crippen molar-refractivity contribution in [3.05, 3.63) is 40.4 Å². The maximum absolute atomic E-state index is 6.32. The van der Waals surface area contributed by atoms with E-state index in [0.717, 1.165) is 32.8 Å². The Hall–Kier alpha value is -1.52. The third-order valence-corrected chi connectivity index (χ3v) is 4.33. The fourth-order valence-electron chi connectivity index (χ4n) is 2.25. The van der Waals surface area contributed by atoms with E-state index in [0.29, 0.717) is 0 Å². The Morgan fingerprint density at radius 1 is 1.20 bits per heavy atom. The third-order valence-electron chi connectivity index (χ3n) is 3.25. The Morgan fingerprint density at radius 2 is 1.85 bits per heavy atom. The zero-order valence-corrected chi connectivity index (χ0v) is 13.2. The van der Waals surface area contributed by atoms with Gasteiger partial charge < -0.3 is 5.73 Å². The van der Waals surface area contributed by atoms with E-state index in [-0.39, 0.29) is 5.41 Å². The number of nitrogen functional groups attached to an aromatic ring is 1. The molecule has 1 aromatic carbocycles. The second-order valence-corrected chi connectivity index (χ2v) is 7.11. The highest BCUT2D eigenvalue weighted by atomic mass is 35.5. The first kappa shape index (κ1) is 13.5. The molecule has 0 saturated heterocycles. The maximum Gasteiger partial charge on any atom is 0.196 e. The van der Waals surface area contributed by atoms with Crippen molar-refractivity contribution in [3.8, 4) is 11.3 Å². The van der Waals surface area contributed by atoms with Crippen molar-refractivity contribution >= 4 is 33.7 Å². The van der Waals surface area contributed by atoms with Gasteiger partial charge in [0, 0.05) is 15.8 Å². The summed E-state index contributed by atoms with van der Waals surface area (Å²) in [7, 11) is 0. The third kappa shape index (κ3) is 2.09. The molecule has 0 spiro atoms. The molecule has 3 aromatic rings. The van der Waals surface area contributed by atoms with Crippen LogP contribution in [-0.4, -0.2) is 9.38 Å². The molecule has 2 N–H and O–H groups in total. The Kier molecular flexibility index (Phi) is 3.03. The highest BCUT2D eigenvalue weighted by Crippen LogP contribution is 2.34. The Morgan fingerprint density at radius 3 is 2.45 bits per heavy atom. The van der Waals surface area contributed by atoms with E-state index in [1.165, 1.54) is 0 Å². The molecule has 0 radical (unpaired) electrons. The summed E-state index contributed by atoms with van der Waals surface area (Å²) in [5.41, 5.74) is 9.35. The number of aromatic nitrogens is 2. The number of benzene rings is 1. The molecule has 0 aliphatic rings. The first-order valence-corrected chi connectivity index (χ1v) is 7.65. The number of fused-ring (bicyclic) bond motifs is 1. The lowest BCUT2D eigenvalue weighted by Gasteiger charge is -2.16. The molecule has 5 heteroatoms. The molecule has 0 bridgehead atoms. The molecule has 3 rings (SSSR count). The largest absolute Gasteiger partial charge is 0.383 e. The van der Waals surface area contributed by atoms with Gasteiger partial charge in [0.25, 0.3) is 0 Å². The molecule has 20 heavy (non-hydrogen) atoms. The van der Waals surface area contributed by atoms with Crippen LogP contribution < -0.4 is 5.73 Å². The van der Waals surface area contributed by atoms with E-state index >= 15 is 0 Å². The van der Waals surface area contributed by atoms with Crippen LogP contribution in [0.15, 0.2) is 29.6 Å². The lowest BCUT2D eigenvalue weighted by Crippen LogP contribution is -2.14. The van der Waals surface area contributed by atoms with Gasteiger partial charge in [0.1, 0.15) is 5.82 Å². The summed E-state index contributed by atoms with van der Waals surface area (Å²) >= 11 is 7.55. The molecule has 0 unspecified atom stereocenters. The summed E-state index contributed by atoms with van der Waals surface area (Å²) in [5.74, 6) is 0.721. The van der Waals surface area contributed by atoms with Gasteiger partial charge in [-0.1, -0.05) is 44.5 Å². The molecule has 3 nitrogen and oxygen atoms in total. The van der Waals surface area contributed by atoms with E-state index in [2.05, 4.69) is 31.1 Å². The fraction of sp³-hybridized carbons (Fsp3) is 0.267. The molecule has 0 aliphatic carbocycles. The van der Waals surface area contributed by atoms with Gasteiger partial charge in [0.15, 0.2) is 4.96 Å². The average Bonchev–Trinajstić information content (AvgIpc) is 2.91. The molecule has 0 saturated carbocycles. The molecule has 0 atom stereocenters. The van der Waals surface area contributed by atoms with Gasteiger partial charge in [-0.2, -0.15) is 0 Å². The normalized spacial score (nSPS) is 12.2. The number of thiazole rings is 1. The zero-order valence-electron chi connectivity index (χ0n) is 11.6. The van der Waals surface area contributed by atoms with Crippen LogP contribution in [0.5, 0.6) is 0 Å². The number of imidazole rings is 1. The van der Waals surface area contributed by atoms with Crippen LogP contribution in [0.2, 0.25) is 5.02 Å². The Bertz CT molecular complexity index is 763. The minimum absolute atomic E-state index is 0.0624. The van der Waals surface area contributed by atoms with Crippen molar-refractivity contribution < 1.29 is 0 Å². The van der Waals surface area contributed by atoms with E-state index in [1.807, 2.05) is 28.7 Å². The van der Waals surface area contributed by atoms with Gasteiger partial charge in [0.05, 0.1) is 11.4 Å². The number of hydrogen-bond acceptors (Lipinski definition) is 3. The van der Waals surface area contributed by atoms with Gasteiger partial charge in [-0.15, -0.1) is 11.3 Å². The van der Waals surface area contributed by atoms with Crippen molar-refractivity contribution in [3.63, 3.8) is 0 Å². The number of nitrogens with zero attached hydrogens (tertiary/aromatic N) is 2. The minimum atomic E-state index is -0.0624. The van der Waals surface area contributed by atoms with Crippen LogP contribution >= 0.6 is 22.9 Å². The predicted octanol–water partition coefficient (Wildman–Crippen LogP) is 4.60. The first-order chi connectivity index (χ1) is 9.38. The van der Waals surface area contributed by atoms with Crippen LogP contribution in [0, 0.1) is 0 Å². The monoisotopic (exact) mass is 305 g/mol. The lowest BCUT2D eigenvalue weighted by atomic mass is 9.92. The minimum Gasteiger partial charge on any atom is -0.383 e. The summed E-state index contributed by atoms with van der Waals surface area (Å²) in [6, 6.07) is 7.77. The first-order valence-electron chi connectivity index (χ1n) is 6.40. The van der Waals surface area contributed by atoms with Crippen molar-refractivity contribution in [1.29, 1.82) is 0 Å². The highest BCUT2D eigenvalue weighted by molar-refractivity contribution is 7.15. The van der Waals surface area contributed by atoms with Gasteiger partial charge in [-0.25, -0.2) is 4.98 Å². The van der Waals surface area contributed by atoms with Crippen LogP contribution in [0.1, 0.15) is 26.5 Å². The smallest absolute Gasteiger partial charge is 0.196 e. The molecule has 0 amide bonds. The Balaban J connectivity index is 2.23. The van der Waals surface area contributed by atoms with Gasteiger partial charge >= 0.3 is 0 Å². The molecular formula is C15H16ClN3S. The SMILES string of the molecule is CC(C)(C)c1nc2scc(-c3ccc(Cl)cc3)n2c1N. The zero-order chi connectivity index (χ0) is 14.5. The van der Waals surface area contributed by atoms with Crippen molar-refractivity contribution in [2.75, 3.05) is 5.73 Å². The molecule has 2 aromatic heterocycles. The molecule has 2 heterocycles. The second-order valence-electron chi connectivity index (χ2n) is 5.84. The lowest BCUT2D eigenvalue weighted by molar-refractivity contribution is 0.576. The Labute approximate surface area is 127 Å². The summed E-state index contributed by atoms with van der Waals surface area (Å²) in [5, 5.41) is 2.81. The number of nitrogens with two attached hydrogens (primary N) is 1. The van der Waals surface area contributed by atoms with E-state index in [1.54, 1.807) is 11.3 Å². The van der Waals surface area contributed by atoms with E-state index in [9.17, 15) is 0 Å². The van der Waals surface area contributed by atoms with Gasteiger partial charge in [0.2, 0.25) is 0 Å². The highest BCUT2D eigenvalue weighted by Gasteiger charge is 2.24. The average molecular weight is 306 g/mol. The summed E-state index contributed by atoms with van der Waals surface area (Å²) < 4.78 is 2.02. The van der Waals surface area contributed by atoms with Gasteiger partial charge in [-0.3, -0.25) is 4.40 Å². The fourth-order valence-corrected chi connectivity index (χ4v) is 3.29. The standard InChI is InChI=1S/C15H16ClN3S/c1-15(2,3)12-13(17)19-11(8-20-14(19)18-12)9-4-6-10(16)7-5-9/h4-8H,17H2,1-3H3. The van der Waals surface area contributed by atoms with Crippen molar-refractivity contribution in [2.24, 2.45) is 0 Å². The predicted molar refractivity (Wildman–Crippen MR) is 86.6 cm³/mol. The number of anilines is 1.